The smallest absolute Gasteiger partial charge is 0.0877 e. The molecule has 2 fully saturated rings. The molecule has 3 heteroatoms. The fourth-order valence-electron chi connectivity index (χ4n) is 3.52. The molecule has 1 N–H and O–H groups in total. The van der Waals surface area contributed by atoms with E-state index in [1.54, 1.807) is 11.3 Å². The van der Waals surface area contributed by atoms with Crippen molar-refractivity contribution in [3.63, 3.8) is 0 Å². The Bertz CT molecular complexity index is 355. The van der Waals surface area contributed by atoms with Crippen LogP contribution in [0.2, 0.25) is 0 Å². The van der Waals surface area contributed by atoms with Gasteiger partial charge in [-0.15, -0.1) is 0 Å². The van der Waals surface area contributed by atoms with Crippen molar-refractivity contribution in [1.82, 2.24) is 5.32 Å². The lowest BCUT2D eigenvalue weighted by Crippen LogP contribution is -2.52. The first-order chi connectivity index (χ1) is 8.91. The first-order valence-corrected chi connectivity index (χ1v) is 8.24. The molecule has 0 radical (unpaired) electrons. The minimum absolute atomic E-state index is 0.0692. The van der Waals surface area contributed by atoms with Gasteiger partial charge in [0.25, 0.3) is 0 Å². The highest BCUT2D eigenvalue weighted by Crippen LogP contribution is 2.41. The van der Waals surface area contributed by atoms with Crippen LogP contribution in [-0.4, -0.2) is 18.8 Å². The number of ether oxygens (including phenoxy) is 1. The number of nitrogens with one attached hydrogen (secondary N) is 1. The van der Waals surface area contributed by atoms with Crippen molar-refractivity contribution >= 4 is 11.3 Å². The third-order valence-electron chi connectivity index (χ3n) is 4.44. The lowest BCUT2D eigenvalue weighted by Gasteiger charge is -2.45. The number of hydrogen-bond donors (Lipinski definition) is 1. The molecular weight excluding hydrogens is 242 g/mol. The van der Waals surface area contributed by atoms with Crippen LogP contribution in [0.15, 0.2) is 16.8 Å². The predicted octanol–water partition coefficient (Wildman–Crippen LogP) is 3.89. The van der Waals surface area contributed by atoms with Gasteiger partial charge in [0.1, 0.15) is 0 Å². The molecular formula is C15H23NOS. The highest BCUT2D eigenvalue weighted by Gasteiger charge is 2.42. The molecule has 1 atom stereocenters. The van der Waals surface area contributed by atoms with Crippen molar-refractivity contribution in [2.24, 2.45) is 0 Å². The van der Waals surface area contributed by atoms with Crippen LogP contribution in [0.4, 0.5) is 0 Å². The van der Waals surface area contributed by atoms with E-state index in [0.29, 0.717) is 6.04 Å². The van der Waals surface area contributed by atoms with Crippen LogP contribution in [0.25, 0.3) is 0 Å². The van der Waals surface area contributed by atoms with Crippen molar-refractivity contribution in [1.29, 1.82) is 0 Å². The summed E-state index contributed by atoms with van der Waals surface area (Å²) in [6.07, 6.45) is 9.25. The summed E-state index contributed by atoms with van der Waals surface area (Å²) >= 11 is 1.79. The normalized spacial score (nSPS) is 28.8. The van der Waals surface area contributed by atoms with Crippen LogP contribution >= 0.6 is 11.3 Å². The van der Waals surface area contributed by atoms with Crippen LogP contribution in [0.3, 0.4) is 0 Å². The summed E-state index contributed by atoms with van der Waals surface area (Å²) in [5, 5.41) is 8.18. The quantitative estimate of drug-likeness (QED) is 0.831. The molecule has 3 rings (SSSR count). The molecule has 1 spiro atoms. The van der Waals surface area contributed by atoms with Gasteiger partial charge in [-0.2, -0.15) is 11.3 Å². The standard InChI is InChI=1S/C15H23NOS/c1-2-4-7-15(8-5-3-1)14(16-9-10-17-15)13-6-11-18-12-13/h6,11-12,14,16H,1-5,7-10H2. The monoisotopic (exact) mass is 265 g/mol. The number of morpholine rings is 1. The van der Waals surface area contributed by atoms with E-state index >= 15 is 0 Å². The zero-order valence-corrected chi connectivity index (χ0v) is 11.8. The maximum atomic E-state index is 6.32. The van der Waals surface area contributed by atoms with Crippen molar-refractivity contribution in [3.05, 3.63) is 22.4 Å². The first kappa shape index (κ1) is 12.6. The molecule has 2 nitrogen and oxygen atoms in total. The van der Waals surface area contributed by atoms with Gasteiger partial charge in [-0.3, -0.25) is 0 Å². The molecule has 1 unspecified atom stereocenters. The molecule has 2 aliphatic rings. The highest BCUT2D eigenvalue weighted by atomic mass is 32.1. The van der Waals surface area contributed by atoms with Crippen LogP contribution < -0.4 is 5.32 Å². The van der Waals surface area contributed by atoms with Gasteiger partial charge < -0.3 is 10.1 Å². The Hall–Kier alpha value is -0.380. The summed E-state index contributed by atoms with van der Waals surface area (Å²) in [6.45, 7) is 1.86. The van der Waals surface area contributed by atoms with E-state index in [9.17, 15) is 0 Å². The van der Waals surface area contributed by atoms with E-state index in [4.69, 9.17) is 4.74 Å². The molecule has 1 aromatic heterocycles. The maximum Gasteiger partial charge on any atom is 0.0877 e. The van der Waals surface area contributed by atoms with Crippen molar-refractivity contribution < 1.29 is 4.74 Å². The molecule has 0 bridgehead atoms. The Labute approximate surface area is 114 Å². The molecule has 100 valence electrons. The van der Waals surface area contributed by atoms with Crippen LogP contribution in [0.5, 0.6) is 0 Å². The number of rotatable bonds is 1. The predicted molar refractivity (Wildman–Crippen MR) is 76.1 cm³/mol. The maximum absolute atomic E-state index is 6.32. The van der Waals surface area contributed by atoms with Crippen molar-refractivity contribution in [2.45, 2.75) is 56.6 Å². The first-order valence-electron chi connectivity index (χ1n) is 7.30. The summed E-state index contributed by atoms with van der Waals surface area (Å²) in [5.41, 5.74) is 1.50. The largest absolute Gasteiger partial charge is 0.372 e. The Morgan fingerprint density at radius 2 is 1.94 bits per heavy atom. The van der Waals surface area contributed by atoms with E-state index in [1.807, 2.05) is 0 Å². The summed E-state index contributed by atoms with van der Waals surface area (Å²) in [5.74, 6) is 0. The molecule has 1 saturated heterocycles. The Morgan fingerprint density at radius 1 is 1.17 bits per heavy atom. The second kappa shape index (κ2) is 5.72. The zero-order chi connectivity index (χ0) is 12.3. The van der Waals surface area contributed by atoms with Gasteiger partial charge >= 0.3 is 0 Å². The van der Waals surface area contributed by atoms with Crippen molar-refractivity contribution in [3.8, 4) is 0 Å². The fourth-order valence-corrected chi connectivity index (χ4v) is 4.21. The molecule has 1 saturated carbocycles. The fraction of sp³-hybridized carbons (Fsp3) is 0.733. The second-order valence-corrected chi connectivity index (χ2v) is 6.40. The minimum Gasteiger partial charge on any atom is -0.372 e. The van der Waals surface area contributed by atoms with Gasteiger partial charge in [0.2, 0.25) is 0 Å². The zero-order valence-electron chi connectivity index (χ0n) is 11.0. The second-order valence-electron chi connectivity index (χ2n) is 5.62. The Kier molecular flexibility index (Phi) is 4.02. The van der Waals surface area contributed by atoms with Crippen LogP contribution in [-0.2, 0) is 4.74 Å². The topological polar surface area (TPSA) is 21.3 Å². The van der Waals surface area contributed by atoms with E-state index in [2.05, 4.69) is 22.1 Å². The molecule has 0 amide bonds. The SMILES string of the molecule is c1cc(C2NCCOC23CCCCCCC3)cs1. The lowest BCUT2D eigenvalue weighted by atomic mass is 9.78. The van der Waals surface area contributed by atoms with Gasteiger partial charge in [0.05, 0.1) is 18.2 Å². The average Bonchev–Trinajstić information content (AvgIpc) is 2.88. The summed E-state index contributed by atoms with van der Waals surface area (Å²) < 4.78 is 6.32. The van der Waals surface area contributed by atoms with Crippen LogP contribution in [0.1, 0.15) is 56.6 Å². The summed E-state index contributed by atoms with van der Waals surface area (Å²) in [4.78, 5) is 0. The van der Waals surface area contributed by atoms with Gasteiger partial charge in [-0.25, -0.2) is 0 Å². The Morgan fingerprint density at radius 3 is 2.67 bits per heavy atom. The third kappa shape index (κ3) is 2.49. The lowest BCUT2D eigenvalue weighted by molar-refractivity contribution is -0.113. The number of thiophene rings is 1. The van der Waals surface area contributed by atoms with Gasteiger partial charge in [-0.1, -0.05) is 32.1 Å². The molecule has 1 aromatic rings. The summed E-state index contributed by atoms with van der Waals surface area (Å²) in [7, 11) is 0. The molecule has 2 heterocycles. The average molecular weight is 265 g/mol. The van der Waals surface area contributed by atoms with E-state index < -0.39 is 0 Å². The minimum atomic E-state index is 0.0692. The molecule has 0 aromatic carbocycles. The van der Waals surface area contributed by atoms with Gasteiger partial charge in [0, 0.05) is 6.54 Å². The molecule has 18 heavy (non-hydrogen) atoms. The van der Waals surface area contributed by atoms with Crippen molar-refractivity contribution in [2.75, 3.05) is 13.2 Å². The number of hydrogen-bond acceptors (Lipinski definition) is 3. The van der Waals surface area contributed by atoms with E-state index in [1.165, 1.54) is 50.5 Å². The summed E-state index contributed by atoms with van der Waals surface area (Å²) in [6, 6.07) is 2.67. The third-order valence-corrected chi connectivity index (χ3v) is 5.14. The molecule has 1 aliphatic heterocycles. The Balaban J connectivity index is 1.84. The van der Waals surface area contributed by atoms with Crippen LogP contribution in [0, 0.1) is 0 Å². The van der Waals surface area contributed by atoms with Gasteiger partial charge in [-0.05, 0) is 35.2 Å². The van der Waals surface area contributed by atoms with Gasteiger partial charge in [0.15, 0.2) is 0 Å². The van der Waals surface area contributed by atoms with E-state index in [-0.39, 0.29) is 5.60 Å². The highest BCUT2D eigenvalue weighted by molar-refractivity contribution is 7.07. The molecule has 1 aliphatic carbocycles. The van der Waals surface area contributed by atoms with E-state index in [0.717, 1.165) is 13.2 Å².